The van der Waals surface area contributed by atoms with Crippen molar-refractivity contribution in [1.29, 1.82) is 0 Å². The summed E-state index contributed by atoms with van der Waals surface area (Å²) in [4.78, 5) is 11.7. The molecule has 4 heteroatoms. The minimum absolute atomic E-state index is 0.0258. The van der Waals surface area contributed by atoms with Crippen LogP contribution in [-0.2, 0) is 17.8 Å². The van der Waals surface area contributed by atoms with Crippen molar-refractivity contribution in [3.8, 4) is 0 Å². The van der Waals surface area contributed by atoms with Crippen LogP contribution in [0.4, 0.5) is 8.78 Å². The Bertz CT molecular complexity index is 584. The van der Waals surface area contributed by atoms with E-state index in [1.807, 2.05) is 0 Å². The van der Waals surface area contributed by atoms with Crippen molar-refractivity contribution in [2.45, 2.75) is 13.0 Å². The molecule has 0 heterocycles. The highest BCUT2D eigenvalue weighted by Crippen LogP contribution is 2.07. The Morgan fingerprint density at radius 2 is 1.84 bits per heavy atom. The number of halogens is 2. The number of carbonyl (C=O) groups is 1. The molecule has 1 N–H and O–H groups in total. The van der Waals surface area contributed by atoms with Crippen LogP contribution in [0, 0.1) is 11.6 Å². The molecule has 0 aliphatic rings. The molecule has 0 saturated carbocycles. The Morgan fingerprint density at radius 3 is 2.58 bits per heavy atom. The lowest BCUT2D eigenvalue weighted by Gasteiger charge is -2.06. The molecule has 1 amide bonds. The fraction of sp³-hybridized carbons (Fsp3) is 0.133. The molecule has 0 bridgehead atoms. The largest absolute Gasteiger partial charge is 0.352 e. The lowest BCUT2D eigenvalue weighted by Crippen LogP contribution is -2.24. The first-order chi connectivity index (χ1) is 9.15. The highest BCUT2D eigenvalue weighted by Gasteiger charge is 2.07. The van der Waals surface area contributed by atoms with Crippen molar-refractivity contribution in [2.24, 2.45) is 0 Å². The van der Waals surface area contributed by atoms with E-state index in [-0.39, 0.29) is 24.7 Å². The zero-order chi connectivity index (χ0) is 13.7. The van der Waals surface area contributed by atoms with Crippen LogP contribution in [0.1, 0.15) is 11.1 Å². The molecule has 2 rings (SSSR count). The smallest absolute Gasteiger partial charge is 0.224 e. The van der Waals surface area contributed by atoms with Crippen LogP contribution in [0.3, 0.4) is 0 Å². The van der Waals surface area contributed by atoms with Gasteiger partial charge in [-0.25, -0.2) is 8.78 Å². The van der Waals surface area contributed by atoms with E-state index in [1.54, 1.807) is 30.3 Å². The molecule has 0 spiro atoms. The first-order valence-electron chi connectivity index (χ1n) is 5.90. The van der Waals surface area contributed by atoms with Crippen LogP contribution in [0.25, 0.3) is 0 Å². The van der Waals surface area contributed by atoms with Gasteiger partial charge in [0.15, 0.2) is 0 Å². The van der Waals surface area contributed by atoms with E-state index in [0.717, 1.165) is 0 Å². The van der Waals surface area contributed by atoms with Gasteiger partial charge in [-0.05, 0) is 29.3 Å². The highest BCUT2D eigenvalue weighted by atomic mass is 19.1. The molecule has 0 saturated heterocycles. The quantitative estimate of drug-likeness (QED) is 0.901. The highest BCUT2D eigenvalue weighted by molar-refractivity contribution is 5.78. The minimum atomic E-state index is -0.400. The molecule has 2 aromatic carbocycles. The average molecular weight is 261 g/mol. The second kappa shape index (κ2) is 6.09. The SMILES string of the molecule is O=C(Cc1ccccc1F)NCc1cccc(F)c1. The number of hydrogen-bond acceptors (Lipinski definition) is 1. The van der Waals surface area contributed by atoms with Crippen molar-refractivity contribution >= 4 is 5.91 Å². The molecular weight excluding hydrogens is 248 g/mol. The van der Waals surface area contributed by atoms with Gasteiger partial charge >= 0.3 is 0 Å². The van der Waals surface area contributed by atoms with Crippen molar-refractivity contribution in [1.82, 2.24) is 5.32 Å². The molecule has 2 aromatic rings. The summed E-state index contributed by atoms with van der Waals surface area (Å²) in [5.74, 6) is -1.04. The average Bonchev–Trinajstić information content (AvgIpc) is 2.39. The van der Waals surface area contributed by atoms with Gasteiger partial charge in [0.1, 0.15) is 11.6 Å². The Morgan fingerprint density at radius 1 is 1.05 bits per heavy atom. The number of benzene rings is 2. The van der Waals surface area contributed by atoms with Gasteiger partial charge in [0.25, 0.3) is 0 Å². The number of hydrogen-bond donors (Lipinski definition) is 1. The summed E-state index contributed by atoms with van der Waals surface area (Å²) in [5.41, 5.74) is 1.01. The van der Waals surface area contributed by atoms with Crippen LogP contribution >= 0.6 is 0 Å². The molecule has 98 valence electrons. The summed E-state index contributed by atoms with van der Waals surface area (Å²) in [6.45, 7) is 0.227. The van der Waals surface area contributed by atoms with Crippen molar-refractivity contribution in [3.63, 3.8) is 0 Å². The standard InChI is InChI=1S/C15H13F2NO/c16-13-6-3-4-11(8-13)10-18-15(19)9-12-5-1-2-7-14(12)17/h1-8H,9-10H2,(H,18,19). The third-order valence-electron chi connectivity index (χ3n) is 2.69. The molecule has 0 atom stereocenters. The summed E-state index contributed by atoms with van der Waals surface area (Å²) in [6, 6.07) is 12.1. The van der Waals surface area contributed by atoms with Crippen LogP contribution in [-0.4, -0.2) is 5.91 Å². The molecular formula is C15H13F2NO. The van der Waals surface area contributed by atoms with Gasteiger partial charge in [-0.15, -0.1) is 0 Å². The van der Waals surface area contributed by atoms with Crippen molar-refractivity contribution in [3.05, 3.63) is 71.3 Å². The summed E-state index contributed by atoms with van der Waals surface area (Å²) >= 11 is 0. The van der Waals surface area contributed by atoms with E-state index < -0.39 is 5.82 Å². The van der Waals surface area contributed by atoms with E-state index >= 15 is 0 Å². The van der Waals surface area contributed by atoms with Crippen molar-refractivity contribution < 1.29 is 13.6 Å². The number of carbonyl (C=O) groups excluding carboxylic acids is 1. The molecule has 2 nitrogen and oxygen atoms in total. The third kappa shape index (κ3) is 3.88. The van der Waals surface area contributed by atoms with E-state index in [0.29, 0.717) is 11.1 Å². The zero-order valence-corrected chi connectivity index (χ0v) is 10.2. The molecule has 0 aliphatic carbocycles. The van der Waals surface area contributed by atoms with Crippen LogP contribution < -0.4 is 5.32 Å². The monoisotopic (exact) mass is 261 g/mol. The minimum Gasteiger partial charge on any atom is -0.352 e. The maximum Gasteiger partial charge on any atom is 0.224 e. The van der Waals surface area contributed by atoms with Crippen LogP contribution in [0.15, 0.2) is 48.5 Å². The van der Waals surface area contributed by atoms with E-state index in [4.69, 9.17) is 0 Å². The van der Waals surface area contributed by atoms with Gasteiger partial charge in [-0.2, -0.15) is 0 Å². The maximum atomic E-state index is 13.3. The molecule has 0 radical (unpaired) electrons. The molecule has 19 heavy (non-hydrogen) atoms. The summed E-state index contributed by atoms with van der Waals surface area (Å²) in [7, 11) is 0. The Hall–Kier alpha value is -2.23. The van der Waals surface area contributed by atoms with Gasteiger partial charge in [-0.1, -0.05) is 30.3 Å². The van der Waals surface area contributed by atoms with Gasteiger partial charge in [0, 0.05) is 6.54 Å². The summed E-state index contributed by atoms with van der Waals surface area (Å²) < 4.78 is 26.3. The maximum absolute atomic E-state index is 13.3. The summed E-state index contributed by atoms with van der Waals surface area (Å²) in [5, 5.41) is 2.63. The lowest BCUT2D eigenvalue weighted by molar-refractivity contribution is -0.120. The van der Waals surface area contributed by atoms with Gasteiger partial charge in [-0.3, -0.25) is 4.79 Å². The second-order valence-corrected chi connectivity index (χ2v) is 4.17. The number of nitrogens with one attached hydrogen (secondary N) is 1. The van der Waals surface area contributed by atoms with Gasteiger partial charge < -0.3 is 5.32 Å². The normalized spacial score (nSPS) is 10.2. The van der Waals surface area contributed by atoms with Crippen LogP contribution in [0.2, 0.25) is 0 Å². The molecule has 0 fully saturated rings. The third-order valence-corrected chi connectivity index (χ3v) is 2.69. The fourth-order valence-corrected chi connectivity index (χ4v) is 1.72. The van der Waals surface area contributed by atoms with E-state index in [1.165, 1.54) is 18.2 Å². The first kappa shape index (κ1) is 13.2. The van der Waals surface area contributed by atoms with E-state index in [2.05, 4.69) is 5.32 Å². The predicted octanol–water partition coefficient (Wildman–Crippen LogP) is 2.82. The van der Waals surface area contributed by atoms with Gasteiger partial charge in [0.2, 0.25) is 5.91 Å². The van der Waals surface area contributed by atoms with E-state index in [9.17, 15) is 13.6 Å². The Labute approximate surface area is 110 Å². The second-order valence-electron chi connectivity index (χ2n) is 4.17. The predicted molar refractivity (Wildman–Crippen MR) is 68.4 cm³/mol. The fourth-order valence-electron chi connectivity index (χ4n) is 1.72. The lowest BCUT2D eigenvalue weighted by atomic mass is 10.1. The van der Waals surface area contributed by atoms with Crippen molar-refractivity contribution in [2.75, 3.05) is 0 Å². The molecule has 0 aliphatic heterocycles. The Balaban J connectivity index is 1.90. The molecule has 0 unspecified atom stereocenters. The van der Waals surface area contributed by atoms with Gasteiger partial charge in [0.05, 0.1) is 6.42 Å². The topological polar surface area (TPSA) is 29.1 Å². The molecule has 0 aromatic heterocycles. The number of amides is 1. The summed E-state index contributed by atoms with van der Waals surface area (Å²) in [6.07, 6.45) is -0.0258. The zero-order valence-electron chi connectivity index (χ0n) is 10.2. The van der Waals surface area contributed by atoms with Crippen LogP contribution in [0.5, 0.6) is 0 Å². The first-order valence-corrected chi connectivity index (χ1v) is 5.90. The Kier molecular flexibility index (Phi) is 4.23. The number of rotatable bonds is 4.